The molecule has 0 amide bonds. The summed E-state index contributed by atoms with van der Waals surface area (Å²) in [7, 11) is 1.68. The van der Waals surface area contributed by atoms with E-state index in [-0.39, 0.29) is 11.3 Å². The van der Waals surface area contributed by atoms with Crippen LogP contribution in [-0.2, 0) is 5.41 Å². The van der Waals surface area contributed by atoms with E-state index < -0.39 is 23.0 Å². The third kappa shape index (κ3) is 4.30. The number of aromatic carboxylic acids is 1. The summed E-state index contributed by atoms with van der Waals surface area (Å²) in [6.45, 7) is 5.87. The van der Waals surface area contributed by atoms with Gasteiger partial charge in [-0.05, 0) is 67.1 Å². The van der Waals surface area contributed by atoms with Crippen LogP contribution in [0.2, 0.25) is 0 Å². The van der Waals surface area contributed by atoms with Crippen LogP contribution in [0.1, 0.15) is 41.9 Å². The van der Waals surface area contributed by atoms with Crippen molar-refractivity contribution in [3.8, 4) is 22.6 Å². The number of aliphatic imine (C=N–C) groups is 1. The molecule has 0 aliphatic rings. The number of carbonyl (C=O) groups is 1. The summed E-state index contributed by atoms with van der Waals surface area (Å²) in [5.74, 6) is -2.93. The van der Waals surface area contributed by atoms with E-state index in [0.717, 1.165) is 23.4 Å². The maximum atomic E-state index is 14.4. The summed E-state index contributed by atoms with van der Waals surface area (Å²) in [5, 5.41) is 21.0. The Balaban J connectivity index is 2.19. The highest BCUT2D eigenvalue weighted by molar-refractivity contribution is 6.04. The molecule has 0 radical (unpaired) electrons. The Hall–Kier alpha value is -4.00. The van der Waals surface area contributed by atoms with Crippen LogP contribution in [0.4, 0.5) is 8.78 Å². The third-order valence-electron chi connectivity index (χ3n) is 6.20. The lowest BCUT2D eigenvalue weighted by molar-refractivity contribution is 0.0697. The number of aromatic hydroxyl groups is 1. The number of phenols is 1. The number of benzene rings is 3. The summed E-state index contributed by atoms with van der Waals surface area (Å²) >= 11 is 0. The average Bonchev–Trinajstić information content (AvgIpc) is 3.16. The standard InChI is InChI=1S/C28H26F2N2O3/c1-16-13-22-25(23(33)14-16)24(17-5-7-18(8-6-17)27(34)35)26(28(2,3)11-12-31-4)32(22)19-9-10-20(29)21(30)15-19/h5-10,12-15,33H,11H2,1-4H3,(H,34,35)/b31-12-. The second-order valence-corrected chi connectivity index (χ2v) is 9.25. The van der Waals surface area contributed by atoms with Gasteiger partial charge in [0.25, 0.3) is 0 Å². The molecule has 0 atom stereocenters. The summed E-state index contributed by atoms with van der Waals surface area (Å²) in [6.07, 6.45) is 2.32. The molecule has 0 aliphatic carbocycles. The predicted octanol–water partition coefficient (Wildman–Crippen LogP) is 6.66. The van der Waals surface area contributed by atoms with Gasteiger partial charge in [-0.2, -0.15) is 0 Å². The number of carboxylic acid groups (broad SMARTS) is 1. The van der Waals surface area contributed by atoms with Crippen LogP contribution in [-0.4, -0.2) is 34.0 Å². The lowest BCUT2D eigenvalue weighted by Crippen LogP contribution is -2.23. The van der Waals surface area contributed by atoms with Crippen molar-refractivity contribution in [1.29, 1.82) is 0 Å². The first-order valence-electron chi connectivity index (χ1n) is 11.1. The van der Waals surface area contributed by atoms with E-state index in [1.807, 2.05) is 31.4 Å². The van der Waals surface area contributed by atoms with Crippen LogP contribution in [0.3, 0.4) is 0 Å². The van der Waals surface area contributed by atoms with Gasteiger partial charge in [0.2, 0.25) is 0 Å². The van der Waals surface area contributed by atoms with Crippen molar-refractivity contribution in [2.45, 2.75) is 32.6 Å². The molecule has 0 fully saturated rings. The molecule has 0 unspecified atom stereocenters. The van der Waals surface area contributed by atoms with E-state index in [9.17, 15) is 23.8 Å². The van der Waals surface area contributed by atoms with E-state index in [2.05, 4.69) is 4.99 Å². The fraction of sp³-hybridized carbons (Fsp3) is 0.214. The normalized spacial score (nSPS) is 12.1. The van der Waals surface area contributed by atoms with Crippen LogP contribution in [0.5, 0.6) is 5.75 Å². The zero-order valence-corrected chi connectivity index (χ0v) is 19.9. The molecule has 1 aromatic heterocycles. The Bertz CT molecular complexity index is 1470. The first kappa shape index (κ1) is 24.1. The number of rotatable bonds is 6. The minimum Gasteiger partial charge on any atom is -0.507 e. The van der Waals surface area contributed by atoms with Crippen LogP contribution in [0.15, 0.2) is 59.6 Å². The molecular weight excluding hydrogens is 450 g/mol. The Kier molecular flexibility index (Phi) is 6.19. The number of aryl methyl sites for hydroxylation is 1. The maximum Gasteiger partial charge on any atom is 0.335 e. The molecule has 7 heteroatoms. The second kappa shape index (κ2) is 8.98. The fourth-order valence-corrected chi connectivity index (χ4v) is 4.54. The third-order valence-corrected chi connectivity index (χ3v) is 6.20. The summed E-state index contributed by atoms with van der Waals surface area (Å²) in [4.78, 5) is 15.6. The molecule has 0 saturated carbocycles. The van der Waals surface area contributed by atoms with Gasteiger partial charge in [-0.25, -0.2) is 13.6 Å². The molecule has 0 aliphatic heterocycles. The summed E-state index contributed by atoms with van der Waals surface area (Å²) < 4.78 is 30.1. The van der Waals surface area contributed by atoms with Gasteiger partial charge in [-0.3, -0.25) is 0 Å². The lowest BCUT2D eigenvalue weighted by Gasteiger charge is -2.28. The largest absolute Gasteiger partial charge is 0.507 e. The highest BCUT2D eigenvalue weighted by Crippen LogP contribution is 2.47. The van der Waals surface area contributed by atoms with Crippen molar-refractivity contribution in [2.75, 3.05) is 7.05 Å². The minimum atomic E-state index is -1.04. The maximum absolute atomic E-state index is 14.4. The minimum absolute atomic E-state index is 0.0415. The van der Waals surface area contributed by atoms with Gasteiger partial charge in [0.05, 0.1) is 11.1 Å². The molecule has 5 nitrogen and oxygen atoms in total. The van der Waals surface area contributed by atoms with Gasteiger partial charge < -0.3 is 19.8 Å². The van der Waals surface area contributed by atoms with E-state index in [1.54, 1.807) is 31.5 Å². The predicted molar refractivity (Wildman–Crippen MR) is 134 cm³/mol. The van der Waals surface area contributed by atoms with Crippen LogP contribution >= 0.6 is 0 Å². The van der Waals surface area contributed by atoms with E-state index in [4.69, 9.17) is 0 Å². The van der Waals surface area contributed by atoms with Gasteiger partial charge in [0.1, 0.15) is 5.75 Å². The van der Waals surface area contributed by atoms with E-state index >= 15 is 0 Å². The van der Waals surface area contributed by atoms with Crippen molar-refractivity contribution >= 4 is 23.1 Å². The smallest absolute Gasteiger partial charge is 0.335 e. The SMILES string of the molecule is C/N=C\CC(C)(C)c1c(-c2ccc(C(=O)O)cc2)c2c(O)cc(C)cc2n1-c1ccc(F)c(F)c1. The van der Waals surface area contributed by atoms with Crippen molar-refractivity contribution in [3.63, 3.8) is 0 Å². The first-order chi connectivity index (χ1) is 16.5. The highest BCUT2D eigenvalue weighted by atomic mass is 19.2. The van der Waals surface area contributed by atoms with Crippen LogP contribution in [0.25, 0.3) is 27.7 Å². The van der Waals surface area contributed by atoms with E-state index in [1.165, 1.54) is 18.2 Å². The molecule has 1 heterocycles. The highest BCUT2D eigenvalue weighted by Gasteiger charge is 2.32. The second-order valence-electron chi connectivity index (χ2n) is 9.25. The Labute approximate surface area is 202 Å². The number of hydrogen-bond acceptors (Lipinski definition) is 3. The fourth-order valence-electron chi connectivity index (χ4n) is 4.54. The molecule has 2 N–H and O–H groups in total. The number of aromatic nitrogens is 1. The molecule has 0 bridgehead atoms. The van der Waals surface area contributed by atoms with Gasteiger partial charge in [0.15, 0.2) is 11.6 Å². The van der Waals surface area contributed by atoms with Gasteiger partial charge in [0, 0.05) is 40.9 Å². The summed E-state index contributed by atoms with van der Waals surface area (Å²) in [5.41, 5.74) is 3.53. The molecular formula is C28H26F2N2O3. The van der Waals surface area contributed by atoms with Crippen molar-refractivity contribution in [2.24, 2.45) is 4.99 Å². The van der Waals surface area contributed by atoms with Gasteiger partial charge in [-0.1, -0.05) is 26.0 Å². The molecule has 3 aromatic carbocycles. The number of phenolic OH excluding ortho intramolecular Hbond substituents is 1. The van der Waals surface area contributed by atoms with Crippen molar-refractivity contribution < 1.29 is 23.8 Å². The molecule has 180 valence electrons. The molecule has 0 spiro atoms. The zero-order valence-electron chi connectivity index (χ0n) is 19.9. The summed E-state index contributed by atoms with van der Waals surface area (Å²) in [6, 6.07) is 13.7. The molecule has 35 heavy (non-hydrogen) atoms. The molecule has 4 aromatic rings. The van der Waals surface area contributed by atoms with Crippen LogP contribution in [0, 0.1) is 18.6 Å². The van der Waals surface area contributed by atoms with Gasteiger partial charge in [-0.15, -0.1) is 0 Å². The number of halogens is 2. The number of fused-ring (bicyclic) bond motifs is 1. The van der Waals surface area contributed by atoms with E-state index in [0.29, 0.717) is 34.1 Å². The molecule has 0 saturated heterocycles. The monoisotopic (exact) mass is 476 g/mol. The quantitative estimate of drug-likeness (QED) is 0.306. The first-order valence-corrected chi connectivity index (χ1v) is 11.1. The Morgan fingerprint density at radius 2 is 1.74 bits per heavy atom. The van der Waals surface area contributed by atoms with Crippen molar-refractivity contribution in [1.82, 2.24) is 4.57 Å². The zero-order chi connectivity index (χ0) is 25.5. The number of hydrogen-bond donors (Lipinski definition) is 2. The van der Waals surface area contributed by atoms with Crippen molar-refractivity contribution in [3.05, 3.63) is 83.1 Å². The number of carboxylic acids is 1. The van der Waals surface area contributed by atoms with Crippen LogP contribution < -0.4 is 0 Å². The Morgan fingerprint density at radius 3 is 2.34 bits per heavy atom. The molecule has 4 rings (SSSR count). The van der Waals surface area contributed by atoms with Gasteiger partial charge >= 0.3 is 5.97 Å². The number of nitrogens with zero attached hydrogens (tertiary/aromatic N) is 2. The average molecular weight is 477 g/mol. The Morgan fingerprint density at radius 1 is 1.06 bits per heavy atom. The topological polar surface area (TPSA) is 74.8 Å². The lowest BCUT2D eigenvalue weighted by atomic mass is 9.81.